The van der Waals surface area contributed by atoms with Crippen molar-refractivity contribution >= 4 is 49.6 Å². The quantitative estimate of drug-likeness (QED) is 0.210. The van der Waals surface area contributed by atoms with E-state index in [1.54, 1.807) is 18.3 Å². The van der Waals surface area contributed by atoms with Crippen molar-refractivity contribution in [2.45, 2.75) is 0 Å². The van der Waals surface area contributed by atoms with Gasteiger partial charge in [-0.3, -0.25) is 4.98 Å². The molecule has 0 bridgehead atoms. The van der Waals surface area contributed by atoms with Gasteiger partial charge in [-0.25, -0.2) is 4.85 Å². The molecule has 0 N–H and O–H groups in total. The maximum atomic E-state index is 9.45. The van der Waals surface area contributed by atoms with Crippen LogP contribution in [0.1, 0.15) is 5.56 Å². The molecule has 0 saturated heterocycles. The number of pyridine rings is 1. The third-order valence-electron chi connectivity index (χ3n) is 7.77. The van der Waals surface area contributed by atoms with E-state index in [2.05, 4.69) is 64.4 Å². The van der Waals surface area contributed by atoms with Gasteiger partial charge >= 0.3 is 0 Å². The van der Waals surface area contributed by atoms with Crippen LogP contribution in [-0.2, 0) is 0 Å². The van der Waals surface area contributed by atoms with Crippen molar-refractivity contribution in [3.63, 3.8) is 0 Å². The Morgan fingerprint density at radius 2 is 1.12 bits per heavy atom. The maximum Gasteiger partial charge on any atom is 0.188 e. The average molecular weight is 538 g/mol. The van der Waals surface area contributed by atoms with Gasteiger partial charge in [-0.2, -0.15) is 5.26 Å². The van der Waals surface area contributed by atoms with Gasteiger partial charge in [-0.05, 0) is 107 Å². The molecular formula is C37H19N3O2. The number of hydrogen-bond donors (Lipinski definition) is 0. The predicted octanol–water partition coefficient (Wildman–Crippen LogP) is 10.3. The first-order valence-corrected chi connectivity index (χ1v) is 13.4. The van der Waals surface area contributed by atoms with Crippen molar-refractivity contribution in [2.24, 2.45) is 0 Å². The summed E-state index contributed by atoms with van der Waals surface area (Å²) in [5, 5.41) is 13.2. The third kappa shape index (κ3) is 3.81. The minimum absolute atomic E-state index is 0.584. The Bertz CT molecular complexity index is 2290. The first kappa shape index (κ1) is 23.7. The Kier molecular flexibility index (Phi) is 5.19. The van der Waals surface area contributed by atoms with E-state index in [4.69, 9.17) is 15.4 Å². The van der Waals surface area contributed by atoms with Crippen LogP contribution in [0.5, 0.6) is 0 Å². The van der Waals surface area contributed by atoms with E-state index in [0.29, 0.717) is 11.3 Å². The monoisotopic (exact) mass is 537 g/mol. The summed E-state index contributed by atoms with van der Waals surface area (Å²) in [6, 6.07) is 36.2. The summed E-state index contributed by atoms with van der Waals surface area (Å²) in [7, 11) is 0. The van der Waals surface area contributed by atoms with Gasteiger partial charge in [-0.15, -0.1) is 0 Å². The molecule has 42 heavy (non-hydrogen) atoms. The molecule has 5 nitrogen and oxygen atoms in total. The topological polar surface area (TPSA) is 67.3 Å². The lowest BCUT2D eigenvalue weighted by atomic mass is 9.92. The van der Waals surface area contributed by atoms with E-state index in [9.17, 15) is 5.26 Å². The number of furan rings is 2. The molecule has 0 amide bonds. The lowest BCUT2D eigenvalue weighted by Gasteiger charge is -2.11. The van der Waals surface area contributed by atoms with Crippen molar-refractivity contribution in [1.29, 1.82) is 5.26 Å². The predicted molar refractivity (Wildman–Crippen MR) is 166 cm³/mol. The lowest BCUT2D eigenvalue weighted by molar-refractivity contribution is 0.668. The summed E-state index contributed by atoms with van der Waals surface area (Å²) < 4.78 is 12.1. The second kappa shape index (κ2) is 9.20. The maximum absolute atomic E-state index is 9.45. The van der Waals surface area contributed by atoms with Crippen LogP contribution in [0.2, 0.25) is 0 Å². The Labute approximate surface area is 240 Å². The Balaban J connectivity index is 1.34. The van der Waals surface area contributed by atoms with Crippen LogP contribution in [0, 0.1) is 17.9 Å². The summed E-state index contributed by atoms with van der Waals surface area (Å²) in [5.41, 5.74) is 10.5. The molecule has 0 radical (unpaired) electrons. The molecule has 5 aromatic carbocycles. The largest absolute Gasteiger partial charge is 0.456 e. The fourth-order valence-electron chi connectivity index (χ4n) is 5.70. The van der Waals surface area contributed by atoms with E-state index in [1.807, 2.05) is 48.7 Å². The molecule has 3 heterocycles. The standard InChI is InChI=1S/C37H19N3O2/c1-39-29-7-11-37-33(19-29)32-18-24(6-10-36(32)42-37)27-14-26(15-28(16-27)25-3-2-12-40-21-25)23-5-9-35-31(17-23)30-13-22(20-38)4-8-34(30)41-35/h2-19,21H. The van der Waals surface area contributed by atoms with Crippen LogP contribution in [0.25, 0.3) is 82.1 Å². The van der Waals surface area contributed by atoms with Crippen molar-refractivity contribution in [3.05, 3.63) is 133 Å². The summed E-state index contributed by atoms with van der Waals surface area (Å²) in [5.74, 6) is 0. The zero-order chi connectivity index (χ0) is 28.2. The number of rotatable bonds is 3. The highest BCUT2D eigenvalue weighted by Crippen LogP contribution is 2.39. The molecule has 0 fully saturated rings. The number of nitriles is 1. The molecule has 5 heteroatoms. The van der Waals surface area contributed by atoms with Crippen LogP contribution >= 0.6 is 0 Å². The van der Waals surface area contributed by atoms with E-state index >= 15 is 0 Å². The van der Waals surface area contributed by atoms with Gasteiger partial charge in [0.25, 0.3) is 0 Å². The normalized spacial score (nSPS) is 11.3. The summed E-state index contributed by atoms with van der Waals surface area (Å²) in [4.78, 5) is 7.96. The minimum Gasteiger partial charge on any atom is -0.456 e. The number of nitrogens with zero attached hydrogens (tertiary/aromatic N) is 3. The molecule has 8 aromatic rings. The second-order valence-electron chi connectivity index (χ2n) is 10.3. The van der Waals surface area contributed by atoms with Crippen LogP contribution < -0.4 is 0 Å². The van der Waals surface area contributed by atoms with Crippen LogP contribution in [0.3, 0.4) is 0 Å². The molecular weight excluding hydrogens is 518 g/mol. The van der Waals surface area contributed by atoms with E-state index in [0.717, 1.165) is 77.3 Å². The van der Waals surface area contributed by atoms with Gasteiger partial charge in [0.15, 0.2) is 5.69 Å². The van der Waals surface area contributed by atoms with E-state index in [-0.39, 0.29) is 0 Å². The molecule has 0 atom stereocenters. The number of hydrogen-bond acceptors (Lipinski definition) is 4. The van der Waals surface area contributed by atoms with Gasteiger partial charge in [0.05, 0.1) is 18.2 Å². The Hall–Kier alpha value is -6.17. The SMILES string of the molecule is [C-]#[N+]c1ccc2oc3ccc(-c4cc(-c5cccnc5)cc(-c5ccc6oc7ccc(C#N)cc7c6c5)c4)cc3c2c1. The van der Waals surface area contributed by atoms with Gasteiger partial charge in [0.2, 0.25) is 0 Å². The zero-order valence-electron chi connectivity index (χ0n) is 22.1. The van der Waals surface area contributed by atoms with Gasteiger partial charge in [-0.1, -0.05) is 24.3 Å². The zero-order valence-corrected chi connectivity index (χ0v) is 22.1. The molecule has 3 aromatic heterocycles. The highest BCUT2D eigenvalue weighted by atomic mass is 16.3. The first-order valence-electron chi connectivity index (χ1n) is 13.4. The Morgan fingerprint density at radius 3 is 1.69 bits per heavy atom. The first-order chi connectivity index (χ1) is 20.7. The fraction of sp³-hybridized carbons (Fsp3) is 0. The van der Waals surface area contributed by atoms with Crippen molar-refractivity contribution in [3.8, 4) is 39.4 Å². The molecule has 0 spiro atoms. The molecule has 194 valence electrons. The summed E-state index contributed by atoms with van der Waals surface area (Å²) in [6.07, 6.45) is 3.65. The summed E-state index contributed by atoms with van der Waals surface area (Å²) in [6.45, 7) is 7.44. The lowest BCUT2D eigenvalue weighted by Crippen LogP contribution is -1.87. The van der Waals surface area contributed by atoms with Crippen molar-refractivity contribution < 1.29 is 8.83 Å². The third-order valence-corrected chi connectivity index (χ3v) is 7.77. The molecule has 0 saturated carbocycles. The molecule has 0 aliphatic rings. The average Bonchev–Trinajstić information content (AvgIpc) is 3.61. The Morgan fingerprint density at radius 1 is 0.571 bits per heavy atom. The number of aromatic nitrogens is 1. The smallest absolute Gasteiger partial charge is 0.188 e. The summed E-state index contributed by atoms with van der Waals surface area (Å²) >= 11 is 0. The molecule has 0 aliphatic carbocycles. The van der Waals surface area contributed by atoms with E-state index < -0.39 is 0 Å². The molecule has 0 unspecified atom stereocenters. The fourth-order valence-corrected chi connectivity index (χ4v) is 5.70. The van der Waals surface area contributed by atoms with Crippen LogP contribution in [-0.4, -0.2) is 4.98 Å². The van der Waals surface area contributed by atoms with E-state index in [1.165, 1.54) is 0 Å². The van der Waals surface area contributed by atoms with Gasteiger partial charge < -0.3 is 8.83 Å². The van der Waals surface area contributed by atoms with Gasteiger partial charge in [0, 0.05) is 39.5 Å². The second-order valence-corrected chi connectivity index (χ2v) is 10.3. The van der Waals surface area contributed by atoms with Crippen molar-refractivity contribution in [2.75, 3.05) is 0 Å². The molecule has 8 rings (SSSR count). The van der Waals surface area contributed by atoms with Crippen LogP contribution in [0.4, 0.5) is 5.69 Å². The van der Waals surface area contributed by atoms with Crippen LogP contribution in [0.15, 0.2) is 124 Å². The van der Waals surface area contributed by atoms with Gasteiger partial charge in [0.1, 0.15) is 22.3 Å². The number of benzene rings is 5. The molecule has 0 aliphatic heterocycles. The van der Waals surface area contributed by atoms with Crippen molar-refractivity contribution in [1.82, 2.24) is 4.98 Å². The highest BCUT2D eigenvalue weighted by molar-refractivity contribution is 6.08. The minimum atomic E-state index is 0.584. The highest BCUT2D eigenvalue weighted by Gasteiger charge is 2.14. The number of fused-ring (bicyclic) bond motifs is 6.